The van der Waals surface area contributed by atoms with Crippen molar-refractivity contribution in [3.05, 3.63) is 96.1 Å². The first-order chi connectivity index (χ1) is 41.3. The fraction of sp³-hybridized carbons (Fsp3) is 0.322. The largest absolute Gasteiger partial charge is 0.725 e. The highest BCUT2D eigenvalue weighted by Gasteiger charge is 2.49. The molecular weight excluding hydrogens is 1180 g/mol. The topological polar surface area (TPSA) is 269 Å². The number of alkyl carbamates (subject to hydrolysis) is 1. The Kier molecular flexibility index (Phi) is 43.9. The highest BCUT2D eigenvalue weighted by molar-refractivity contribution is 6.62. The molecular formula is C59H91N5O18Si4. The van der Waals surface area contributed by atoms with Crippen molar-refractivity contribution in [3.63, 3.8) is 0 Å². The maximum absolute atomic E-state index is 12.1. The number of hydrogen-bond acceptors (Lipinski definition) is 18. The van der Waals surface area contributed by atoms with Crippen LogP contribution in [-0.2, 0) is 58.8 Å². The second-order valence-corrected chi connectivity index (χ2v) is 26.1. The number of rotatable bonds is 31. The molecule has 3 aromatic carbocycles. The van der Waals surface area contributed by atoms with E-state index < -0.39 is 50.0 Å². The van der Waals surface area contributed by atoms with Gasteiger partial charge in [0.25, 0.3) is 5.91 Å². The van der Waals surface area contributed by atoms with Crippen LogP contribution in [0.5, 0.6) is 0 Å². The predicted octanol–water partition coefficient (Wildman–Crippen LogP) is 8.93. The molecule has 0 aliphatic rings. The maximum atomic E-state index is 12.1. The minimum Gasteiger partial charge on any atom is -0.478 e. The van der Waals surface area contributed by atoms with E-state index in [1.54, 1.807) is 46.1 Å². The van der Waals surface area contributed by atoms with Gasteiger partial charge in [-0.3, -0.25) is 4.79 Å². The molecule has 0 radical (unpaired) electrons. The molecule has 0 saturated carbocycles. The van der Waals surface area contributed by atoms with Crippen molar-refractivity contribution >= 4 is 71.6 Å². The SMILES string of the molecule is C#CO[Si](CCCNC(=O)Nc1ccccc1)(OC#C)OC#C.C#CO[Si](CCCNC(=O)OC(C)(C)C)(OC#C)OC#C.C#CO[Si](CCCNC(=O)c1ccccc1C(=O)O)(OC#C)OC#C.COOC.CO[SiH2]CCCNc1ccccc1.[HH].[HH].[HH].[HH].[HH].[HH].[HH].[HH].[HH]. The number of para-hydroxylation sites is 2. The van der Waals surface area contributed by atoms with Crippen molar-refractivity contribution in [1.29, 1.82) is 0 Å². The van der Waals surface area contributed by atoms with Gasteiger partial charge in [-0.2, -0.15) is 0 Å². The van der Waals surface area contributed by atoms with Gasteiger partial charge in [0.1, 0.15) is 5.60 Å². The van der Waals surface area contributed by atoms with Crippen molar-refractivity contribution in [2.75, 3.05) is 58.1 Å². The van der Waals surface area contributed by atoms with Crippen LogP contribution in [0.4, 0.5) is 21.0 Å². The number of terminal acetylenes is 9. The van der Waals surface area contributed by atoms with Crippen molar-refractivity contribution in [3.8, 4) is 113 Å². The van der Waals surface area contributed by atoms with E-state index in [1.165, 1.54) is 50.6 Å². The number of aromatic carboxylic acids is 1. The molecule has 0 saturated heterocycles. The van der Waals surface area contributed by atoms with Crippen molar-refractivity contribution in [2.45, 2.75) is 76.2 Å². The van der Waals surface area contributed by atoms with Crippen LogP contribution in [0.3, 0.4) is 0 Å². The van der Waals surface area contributed by atoms with Crippen LogP contribution in [-0.4, -0.2) is 118 Å². The molecule has 0 spiro atoms. The molecule has 0 bridgehead atoms. The van der Waals surface area contributed by atoms with Gasteiger partial charge in [-0.05, 0) is 88.9 Å². The number of carboxylic acids is 1. The Balaban J connectivity index is -0.000000106. The van der Waals surface area contributed by atoms with Crippen LogP contribution in [0.25, 0.3) is 0 Å². The molecule has 0 atom stereocenters. The van der Waals surface area contributed by atoms with Gasteiger partial charge in [0.15, 0.2) is 9.76 Å². The molecule has 0 aliphatic carbocycles. The van der Waals surface area contributed by atoms with Gasteiger partial charge in [0.05, 0.1) is 98.4 Å². The molecule has 4 amide bonds. The summed E-state index contributed by atoms with van der Waals surface area (Å²) in [6, 6.07) is 26.8. The minimum absolute atomic E-state index is 0. The summed E-state index contributed by atoms with van der Waals surface area (Å²) in [5.74, 6) is -1.72. The predicted molar refractivity (Wildman–Crippen MR) is 351 cm³/mol. The molecule has 0 aromatic heterocycles. The van der Waals surface area contributed by atoms with Crippen LogP contribution < -0.4 is 26.6 Å². The van der Waals surface area contributed by atoms with Crippen LogP contribution in [0, 0.1) is 113 Å². The van der Waals surface area contributed by atoms with E-state index in [0.29, 0.717) is 38.0 Å². The number of carboxylic acid groups (broad SMARTS) is 1. The Hall–Kier alpha value is -10.1. The molecule has 6 N–H and O–H groups in total. The molecule has 27 heteroatoms. The number of amides is 4. The molecule has 0 heterocycles. The van der Waals surface area contributed by atoms with E-state index in [2.05, 4.69) is 48.5 Å². The number of ether oxygens (including phenoxy) is 1. The zero-order valence-corrected chi connectivity index (χ0v) is 53.3. The Bertz CT molecular complexity index is 2760. The lowest BCUT2D eigenvalue weighted by Gasteiger charge is -2.21. The fourth-order valence-corrected chi connectivity index (χ4v) is 11.6. The zero-order valence-electron chi connectivity index (χ0n) is 48.9. The van der Waals surface area contributed by atoms with E-state index in [9.17, 15) is 19.2 Å². The summed E-state index contributed by atoms with van der Waals surface area (Å²) >= 11 is 0. The summed E-state index contributed by atoms with van der Waals surface area (Å²) in [4.78, 5) is 54.5. The molecule has 476 valence electrons. The van der Waals surface area contributed by atoms with Gasteiger partial charge in [0, 0.05) is 57.5 Å². The standard InChI is InChI=1S/C17H15NO6Si.C16H16N2O4Si.C14H19NO5Si.C10H17NOSi.C2H6O2.9H2/c1-4-22-25(23-5-2,24-6-3)13-9-12-18-16(19)14-10-7-8-11-15(14)17(20)21;1-4-20-23(21-5-2,22-6-3)14-10-13-17-16(19)18-15-11-8-7-9-12-15;1-7-17-21(18-8-2,19-9-3)12-10-11-15-13(16)20-14(4,5)6;1-12-13-9-5-8-11-10-6-3-2-4-7-10;1-3-4-2;;;;;;;;;/h1-3,7-8,10-11H,9,12-13H2,(H,18,19)(H,20,21);1-3,7-9,11-12H,10,13-14H2,(H2,17,18,19);1-3H,10-12H2,4-6H3,(H,15,16);2-4,6-7,11H,5,8-9,13H2,1H3;1-2H3;9*1H. The van der Waals surface area contributed by atoms with Crippen LogP contribution in [0.1, 0.15) is 80.0 Å². The molecule has 86 heavy (non-hydrogen) atoms. The number of benzene rings is 3. The third-order valence-electron chi connectivity index (χ3n) is 9.63. The van der Waals surface area contributed by atoms with E-state index in [0.717, 1.165) is 6.54 Å². The van der Waals surface area contributed by atoms with Gasteiger partial charge < -0.3 is 80.7 Å². The lowest BCUT2D eigenvalue weighted by atomic mass is 10.1. The van der Waals surface area contributed by atoms with Crippen molar-refractivity contribution < 1.29 is 95.9 Å². The van der Waals surface area contributed by atoms with E-state index in [-0.39, 0.29) is 64.4 Å². The number of nitrogens with one attached hydrogen (secondary N) is 5. The summed E-state index contributed by atoms with van der Waals surface area (Å²) in [5, 5.41) is 23.0. The molecule has 0 unspecified atom stereocenters. The summed E-state index contributed by atoms with van der Waals surface area (Å²) in [7, 11) is -5.57. The summed E-state index contributed by atoms with van der Waals surface area (Å²) < 4.78 is 55.2. The molecule has 3 aromatic rings. The second-order valence-electron chi connectivity index (χ2n) is 16.9. The van der Waals surface area contributed by atoms with E-state index in [1.807, 2.05) is 91.4 Å². The Morgan fingerprint density at radius 3 is 1.22 bits per heavy atom. The summed E-state index contributed by atoms with van der Waals surface area (Å²) in [6.45, 7) is 7.19. The first-order valence-electron chi connectivity index (χ1n) is 25.5. The van der Waals surface area contributed by atoms with Crippen LogP contribution >= 0.6 is 0 Å². The van der Waals surface area contributed by atoms with Crippen molar-refractivity contribution in [2.24, 2.45) is 0 Å². The normalized spacial score (nSPS) is 9.83. The zero-order chi connectivity index (χ0) is 64.8. The van der Waals surface area contributed by atoms with Crippen LogP contribution in [0.15, 0.2) is 84.9 Å². The van der Waals surface area contributed by atoms with E-state index >= 15 is 0 Å². The number of anilines is 2. The van der Waals surface area contributed by atoms with Gasteiger partial charge in [-0.1, -0.05) is 106 Å². The lowest BCUT2D eigenvalue weighted by Crippen LogP contribution is -2.43. The third kappa shape index (κ3) is 37.8. The minimum atomic E-state index is -3.43. The summed E-state index contributed by atoms with van der Waals surface area (Å²) in [6.07, 6.45) is 65.4. The third-order valence-corrected chi connectivity index (χ3v) is 17.6. The Morgan fingerprint density at radius 2 is 0.860 bits per heavy atom. The maximum Gasteiger partial charge on any atom is 0.725 e. The average molecular weight is 1270 g/mol. The monoisotopic (exact) mass is 1270 g/mol. The highest BCUT2D eigenvalue weighted by atomic mass is 28.4. The van der Waals surface area contributed by atoms with E-state index in [4.69, 9.17) is 112 Å². The Labute approximate surface area is 524 Å². The first-order valence-corrected chi connectivity index (χ1v) is 32.9. The Morgan fingerprint density at radius 1 is 0.500 bits per heavy atom. The van der Waals surface area contributed by atoms with Crippen LogP contribution in [0.2, 0.25) is 24.2 Å². The van der Waals surface area contributed by atoms with Gasteiger partial charge in [0.2, 0.25) is 0 Å². The number of carbonyl (C=O) groups excluding carboxylic acids is 3. The number of hydrogen-bond donors (Lipinski definition) is 6. The fourth-order valence-electron chi connectivity index (χ4n) is 6.10. The second kappa shape index (κ2) is 48.5. The van der Waals surface area contributed by atoms with Gasteiger partial charge >= 0.3 is 44.5 Å². The quantitative estimate of drug-likeness (QED) is 0.0115. The number of carbonyl (C=O) groups is 4. The smallest absolute Gasteiger partial charge is 0.478 e. The number of urea groups is 1. The first kappa shape index (κ1) is 78.0. The molecule has 0 fully saturated rings. The lowest BCUT2D eigenvalue weighted by molar-refractivity contribution is -0.248. The van der Waals surface area contributed by atoms with Crippen molar-refractivity contribution in [1.82, 2.24) is 16.0 Å². The van der Waals surface area contributed by atoms with Gasteiger partial charge in [-0.15, -0.1) is 0 Å². The van der Waals surface area contributed by atoms with Gasteiger partial charge in [-0.25, -0.2) is 24.2 Å². The average Bonchev–Trinajstić information content (AvgIpc) is 1.13. The molecule has 0 aliphatic heterocycles. The highest BCUT2D eigenvalue weighted by Crippen LogP contribution is 2.19. The molecule has 3 rings (SSSR count). The summed E-state index contributed by atoms with van der Waals surface area (Å²) in [5.41, 5.74) is 1.30. The molecule has 23 nitrogen and oxygen atoms in total.